The number of nitrogens with zero attached hydrogens (tertiary/aromatic N) is 1. The van der Waals surface area contributed by atoms with Crippen LogP contribution in [0.5, 0.6) is 0 Å². The normalized spacial score (nSPS) is 12.3. The molecular weight excluding hydrogens is 340 g/mol. The van der Waals surface area contributed by atoms with Crippen molar-refractivity contribution in [2.24, 2.45) is 0 Å². The molecule has 25 heavy (non-hydrogen) atoms. The Bertz CT molecular complexity index is 719. The zero-order chi connectivity index (χ0) is 18.4. The number of amides is 1. The van der Waals surface area contributed by atoms with Crippen LogP contribution in [0.3, 0.4) is 0 Å². The van der Waals surface area contributed by atoms with E-state index >= 15 is 0 Å². The van der Waals surface area contributed by atoms with Crippen LogP contribution in [0.4, 0.5) is 16.3 Å². The molecule has 7 heteroatoms. The second-order valence-electron chi connectivity index (χ2n) is 6.40. The summed E-state index contributed by atoms with van der Waals surface area (Å²) in [6.45, 7) is 5.49. The van der Waals surface area contributed by atoms with Gasteiger partial charge in [0.2, 0.25) is 0 Å². The minimum absolute atomic E-state index is 0.393. The Morgan fingerprint density at radius 3 is 2.64 bits per heavy atom. The van der Waals surface area contributed by atoms with Crippen LogP contribution >= 0.6 is 11.6 Å². The monoisotopic (exact) mass is 362 g/mol. The Labute approximate surface area is 152 Å². The standard InChI is InChI=1S/C18H23ClN4O2/c1-12(22-16-15(20)5-4-10-21-16)23-17(24)25-18(2,3)11-13-6-8-14(19)9-7-13/h4-10,12H,11,20H2,1-3H3,(H,21,22)(H,23,24). The van der Waals surface area contributed by atoms with Crippen molar-refractivity contribution >= 4 is 29.2 Å². The van der Waals surface area contributed by atoms with Crippen molar-refractivity contribution in [1.82, 2.24) is 10.3 Å². The molecule has 4 N–H and O–H groups in total. The van der Waals surface area contributed by atoms with E-state index in [0.29, 0.717) is 22.9 Å². The van der Waals surface area contributed by atoms with Crippen LogP contribution in [0.1, 0.15) is 26.3 Å². The van der Waals surface area contributed by atoms with E-state index in [2.05, 4.69) is 15.6 Å². The minimum Gasteiger partial charge on any atom is -0.443 e. The molecule has 134 valence electrons. The number of aromatic nitrogens is 1. The summed E-state index contributed by atoms with van der Waals surface area (Å²) in [5.41, 5.74) is 6.70. The van der Waals surface area contributed by atoms with E-state index in [1.54, 1.807) is 25.3 Å². The summed E-state index contributed by atoms with van der Waals surface area (Å²) >= 11 is 5.89. The number of benzene rings is 1. The van der Waals surface area contributed by atoms with Gasteiger partial charge in [0.15, 0.2) is 5.82 Å². The molecule has 0 saturated heterocycles. The van der Waals surface area contributed by atoms with Gasteiger partial charge >= 0.3 is 6.09 Å². The fraction of sp³-hybridized carbons (Fsp3) is 0.333. The summed E-state index contributed by atoms with van der Waals surface area (Å²) in [4.78, 5) is 16.3. The third-order valence-corrected chi connectivity index (χ3v) is 3.69. The number of nitrogens with one attached hydrogen (secondary N) is 2. The molecule has 2 rings (SSSR count). The van der Waals surface area contributed by atoms with Crippen molar-refractivity contribution in [1.29, 1.82) is 0 Å². The van der Waals surface area contributed by atoms with Crippen molar-refractivity contribution in [2.75, 3.05) is 11.1 Å². The molecule has 0 saturated carbocycles. The highest BCUT2D eigenvalue weighted by molar-refractivity contribution is 6.30. The first kappa shape index (κ1) is 18.9. The number of ether oxygens (including phenoxy) is 1. The Balaban J connectivity index is 1.87. The first-order chi connectivity index (χ1) is 11.7. The van der Waals surface area contributed by atoms with Crippen LogP contribution in [-0.4, -0.2) is 22.8 Å². The molecule has 6 nitrogen and oxygen atoms in total. The Kier molecular flexibility index (Phi) is 6.09. The van der Waals surface area contributed by atoms with Gasteiger partial charge in [-0.2, -0.15) is 0 Å². The molecule has 0 fully saturated rings. The number of anilines is 2. The highest BCUT2D eigenvalue weighted by Gasteiger charge is 2.24. The zero-order valence-electron chi connectivity index (χ0n) is 14.5. The number of carbonyl (C=O) groups is 1. The number of nitrogens with two attached hydrogens (primary N) is 1. The highest BCUT2D eigenvalue weighted by atomic mass is 35.5. The Morgan fingerprint density at radius 1 is 1.32 bits per heavy atom. The average Bonchev–Trinajstić information content (AvgIpc) is 2.51. The molecule has 1 amide bonds. The second kappa shape index (κ2) is 8.07. The van der Waals surface area contributed by atoms with E-state index in [9.17, 15) is 4.79 Å². The van der Waals surface area contributed by atoms with Gasteiger partial charge in [-0.25, -0.2) is 9.78 Å². The van der Waals surface area contributed by atoms with Gasteiger partial charge in [-0.05, 0) is 50.6 Å². The first-order valence-electron chi connectivity index (χ1n) is 7.96. The summed E-state index contributed by atoms with van der Waals surface area (Å²) < 4.78 is 5.54. The van der Waals surface area contributed by atoms with Crippen LogP contribution in [0.2, 0.25) is 5.02 Å². The predicted molar refractivity (Wildman–Crippen MR) is 101 cm³/mol. The molecule has 1 heterocycles. The lowest BCUT2D eigenvalue weighted by atomic mass is 9.98. The molecule has 1 aromatic heterocycles. The van der Waals surface area contributed by atoms with Crippen molar-refractivity contribution in [3.63, 3.8) is 0 Å². The van der Waals surface area contributed by atoms with Gasteiger partial charge in [-0.1, -0.05) is 23.7 Å². The molecule has 2 aromatic rings. The molecule has 0 aliphatic carbocycles. The van der Waals surface area contributed by atoms with Gasteiger partial charge in [-0.15, -0.1) is 0 Å². The number of pyridine rings is 1. The quantitative estimate of drug-likeness (QED) is 0.679. The predicted octanol–water partition coefficient (Wildman–Crippen LogP) is 3.82. The fourth-order valence-corrected chi connectivity index (χ4v) is 2.49. The van der Waals surface area contributed by atoms with Gasteiger partial charge in [0.1, 0.15) is 11.8 Å². The fourth-order valence-electron chi connectivity index (χ4n) is 2.37. The maximum absolute atomic E-state index is 12.1. The first-order valence-corrected chi connectivity index (χ1v) is 8.34. The van der Waals surface area contributed by atoms with Crippen molar-refractivity contribution in [2.45, 2.75) is 39.0 Å². The van der Waals surface area contributed by atoms with Crippen LogP contribution in [0.25, 0.3) is 0 Å². The van der Waals surface area contributed by atoms with E-state index in [1.165, 1.54) is 0 Å². The van der Waals surface area contributed by atoms with E-state index in [-0.39, 0.29) is 0 Å². The Morgan fingerprint density at radius 2 is 2.00 bits per heavy atom. The molecule has 0 spiro atoms. The number of nitrogen functional groups attached to an aromatic ring is 1. The number of rotatable bonds is 6. The third kappa shape index (κ3) is 6.15. The Hall–Kier alpha value is -2.47. The third-order valence-electron chi connectivity index (χ3n) is 3.44. The SMILES string of the molecule is CC(NC(=O)OC(C)(C)Cc1ccc(Cl)cc1)Nc1ncccc1N. The lowest BCUT2D eigenvalue weighted by Gasteiger charge is -2.27. The lowest BCUT2D eigenvalue weighted by Crippen LogP contribution is -2.43. The van der Waals surface area contributed by atoms with Crippen LogP contribution in [-0.2, 0) is 11.2 Å². The largest absolute Gasteiger partial charge is 0.443 e. The van der Waals surface area contributed by atoms with Gasteiger partial charge in [-0.3, -0.25) is 0 Å². The number of halogens is 1. The van der Waals surface area contributed by atoms with E-state index in [0.717, 1.165) is 5.56 Å². The minimum atomic E-state index is -0.665. The molecule has 0 radical (unpaired) electrons. The van der Waals surface area contributed by atoms with Crippen molar-refractivity contribution in [3.8, 4) is 0 Å². The van der Waals surface area contributed by atoms with Gasteiger partial charge in [0.05, 0.1) is 5.69 Å². The average molecular weight is 363 g/mol. The van der Waals surface area contributed by atoms with Gasteiger partial charge < -0.3 is 21.1 Å². The van der Waals surface area contributed by atoms with Gasteiger partial charge in [0, 0.05) is 17.6 Å². The lowest BCUT2D eigenvalue weighted by molar-refractivity contribution is 0.0381. The zero-order valence-corrected chi connectivity index (χ0v) is 15.3. The molecule has 1 aromatic carbocycles. The molecule has 0 aliphatic rings. The van der Waals surface area contributed by atoms with Crippen molar-refractivity contribution in [3.05, 3.63) is 53.2 Å². The summed E-state index contributed by atoms with van der Waals surface area (Å²) in [5, 5.41) is 6.41. The van der Waals surface area contributed by atoms with E-state index < -0.39 is 17.9 Å². The van der Waals surface area contributed by atoms with Crippen LogP contribution in [0.15, 0.2) is 42.6 Å². The number of hydrogen-bond donors (Lipinski definition) is 3. The molecular formula is C18H23ClN4O2. The summed E-state index contributed by atoms with van der Waals surface area (Å²) in [6, 6.07) is 10.9. The molecule has 0 aliphatic heterocycles. The topological polar surface area (TPSA) is 89.3 Å². The highest BCUT2D eigenvalue weighted by Crippen LogP contribution is 2.19. The maximum Gasteiger partial charge on any atom is 0.409 e. The molecule has 1 atom stereocenters. The van der Waals surface area contributed by atoms with Crippen molar-refractivity contribution < 1.29 is 9.53 Å². The molecule has 0 bridgehead atoms. The number of hydrogen-bond acceptors (Lipinski definition) is 5. The summed E-state index contributed by atoms with van der Waals surface area (Å²) in [7, 11) is 0. The van der Waals surface area contributed by atoms with Gasteiger partial charge in [0.25, 0.3) is 0 Å². The van der Waals surface area contributed by atoms with Crippen LogP contribution in [0, 0.1) is 0 Å². The number of carbonyl (C=O) groups excluding carboxylic acids is 1. The summed E-state index contributed by atoms with van der Waals surface area (Å²) in [5.74, 6) is 0.510. The van der Waals surface area contributed by atoms with E-state index in [4.69, 9.17) is 22.1 Å². The second-order valence-corrected chi connectivity index (χ2v) is 6.84. The molecule has 1 unspecified atom stereocenters. The summed E-state index contributed by atoms with van der Waals surface area (Å²) in [6.07, 6.45) is 1.29. The number of alkyl carbamates (subject to hydrolysis) is 1. The maximum atomic E-state index is 12.1. The smallest absolute Gasteiger partial charge is 0.409 e. The van der Waals surface area contributed by atoms with E-state index in [1.807, 2.05) is 38.1 Å². The van der Waals surface area contributed by atoms with Crippen LogP contribution < -0.4 is 16.4 Å².